The topological polar surface area (TPSA) is 51.8 Å². The molecule has 0 saturated heterocycles. The lowest BCUT2D eigenvalue weighted by atomic mass is 10.4. The minimum absolute atomic E-state index is 0.234. The lowest BCUT2D eigenvalue weighted by Gasteiger charge is -2.02. The van der Waals surface area contributed by atoms with Crippen molar-refractivity contribution >= 4 is 29.3 Å². The molecular weight excluding hydrogens is 230 g/mol. The molecule has 5 heteroatoms. The second kappa shape index (κ2) is 4.51. The average Bonchev–Trinajstić information content (AvgIpc) is 2.25. The predicted molar refractivity (Wildman–Crippen MR) is 62.0 cm³/mol. The Morgan fingerprint density at radius 1 is 1.20 bits per heavy atom. The molecule has 2 aromatic rings. The van der Waals surface area contributed by atoms with E-state index in [0.717, 1.165) is 4.90 Å². The fourth-order valence-electron chi connectivity index (χ4n) is 1.04. The molecule has 15 heavy (non-hydrogen) atoms. The Bertz CT molecular complexity index is 461. The summed E-state index contributed by atoms with van der Waals surface area (Å²) < 4.78 is 0. The lowest BCUT2D eigenvalue weighted by molar-refractivity contribution is 1.06. The normalized spacial score (nSPS) is 10.2. The highest BCUT2D eigenvalue weighted by molar-refractivity contribution is 7.99. The van der Waals surface area contributed by atoms with Crippen molar-refractivity contribution < 1.29 is 0 Å². The summed E-state index contributed by atoms with van der Waals surface area (Å²) in [6, 6.07) is 9.85. The summed E-state index contributed by atoms with van der Waals surface area (Å²) in [4.78, 5) is 8.94. The molecule has 1 heterocycles. The molecule has 0 aliphatic rings. The van der Waals surface area contributed by atoms with Crippen molar-refractivity contribution in [3.63, 3.8) is 0 Å². The van der Waals surface area contributed by atoms with Gasteiger partial charge in [-0.3, -0.25) is 0 Å². The number of nitrogens with zero attached hydrogens (tertiary/aromatic N) is 2. The van der Waals surface area contributed by atoms with Crippen LogP contribution in [0.15, 0.2) is 46.5 Å². The highest BCUT2D eigenvalue weighted by Gasteiger charge is 2.05. The van der Waals surface area contributed by atoms with Gasteiger partial charge in [0, 0.05) is 4.90 Å². The Kier molecular flexibility index (Phi) is 3.08. The van der Waals surface area contributed by atoms with E-state index >= 15 is 0 Å². The number of halogens is 1. The van der Waals surface area contributed by atoms with E-state index in [4.69, 9.17) is 17.3 Å². The van der Waals surface area contributed by atoms with Crippen molar-refractivity contribution in [2.24, 2.45) is 0 Å². The fourth-order valence-corrected chi connectivity index (χ4v) is 2.05. The first kappa shape index (κ1) is 10.3. The van der Waals surface area contributed by atoms with Gasteiger partial charge in [0.15, 0.2) is 0 Å². The number of aromatic nitrogens is 2. The van der Waals surface area contributed by atoms with Crippen LogP contribution >= 0.6 is 23.4 Å². The van der Waals surface area contributed by atoms with Gasteiger partial charge in [0.2, 0.25) is 5.95 Å². The largest absolute Gasteiger partial charge is 0.368 e. The molecule has 0 atom stereocenters. The molecule has 0 amide bonds. The quantitative estimate of drug-likeness (QED) is 0.816. The standard InChI is InChI=1S/C10H8ClN3S/c11-8-6-13-10(12)14-9(8)15-7-4-2-1-3-5-7/h1-6H,(H2,12,13,14). The van der Waals surface area contributed by atoms with Gasteiger partial charge >= 0.3 is 0 Å². The smallest absolute Gasteiger partial charge is 0.221 e. The van der Waals surface area contributed by atoms with E-state index in [0.29, 0.717) is 10.0 Å². The molecule has 3 nitrogen and oxygen atoms in total. The summed E-state index contributed by atoms with van der Waals surface area (Å²) in [5.41, 5.74) is 5.49. The first-order valence-corrected chi connectivity index (χ1v) is 5.46. The van der Waals surface area contributed by atoms with Crippen LogP contribution in [0.3, 0.4) is 0 Å². The van der Waals surface area contributed by atoms with Crippen molar-refractivity contribution in [1.82, 2.24) is 9.97 Å². The van der Waals surface area contributed by atoms with Crippen LogP contribution in [-0.4, -0.2) is 9.97 Å². The van der Waals surface area contributed by atoms with Crippen molar-refractivity contribution in [2.45, 2.75) is 9.92 Å². The zero-order valence-corrected chi connectivity index (χ0v) is 9.29. The molecule has 0 aliphatic heterocycles. The van der Waals surface area contributed by atoms with Crippen LogP contribution in [0.1, 0.15) is 0 Å². The summed E-state index contributed by atoms with van der Waals surface area (Å²) in [5.74, 6) is 0.234. The first-order valence-electron chi connectivity index (χ1n) is 4.26. The van der Waals surface area contributed by atoms with Crippen LogP contribution in [0.2, 0.25) is 5.02 Å². The highest BCUT2D eigenvalue weighted by Crippen LogP contribution is 2.31. The molecule has 0 bridgehead atoms. The van der Waals surface area contributed by atoms with Gasteiger partial charge in [-0.1, -0.05) is 41.6 Å². The second-order valence-electron chi connectivity index (χ2n) is 2.80. The maximum absolute atomic E-state index is 5.94. The van der Waals surface area contributed by atoms with E-state index in [1.165, 1.54) is 18.0 Å². The summed E-state index contributed by atoms with van der Waals surface area (Å²) in [7, 11) is 0. The third kappa shape index (κ3) is 2.61. The summed E-state index contributed by atoms with van der Waals surface area (Å²) in [5, 5.41) is 1.19. The third-order valence-electron chi connectivity index (χ3n) is 1.69. The highest BCUT2D eigenvalue weighted by atomic mass is 35.5. The van der Waals surface area contributed by atoms with Crippen molar-refractivity contribution in [2.75, 3.05) is 5.73 Å². The van der Waals surface area contributed by atoms with Crippen LogP contribution < -0.4 is 5.73 Å². The Hall–Kier alpha value is -1.26. The Balaban J connectivity index is 2.28. The van der Waals surface area contributed by atoms with E-state index in [9.17, 15) is 0 Å². The molecule has 1 aromatic carbocycles. The van der Waals surface area contributed by atoms with Gasteiger partial charge in [0.1, 0.15) is 5.03 Å². The van der Waals surface area contributed by atoms with Crippen LogP contribution in [-0.2, 0) is 0 Å². The number of nitrogens with two attached hydrogens (primary N) is 1. The van der Waals surface area contributed by atoms with E-state index in [-0.39, 0.29) is 5.95 Å². The molecule has 0 aliphatic carbocycles. The number of rotatable bonds is 2. The second-order valence-corrected chi connectivity index (χ2v) is 4.27. The number of hydrogen-bond donors (Lipinski definition) is 1. The lowest BCUT2D eigenvalue weighted by Crippen LogP contribution is -1.95. The fraction of sp³-hybridized carbons (Fsp3) is 0. The molecule has 76 valence electrons. The summed E-state index contributed by atoms with van der Waals surface area (Å²) >= 11 is 7.41. The third-order valence-corrected chi connectivity index (χ3v) is 3.09. The number of nitrogen functional groups attached to an aromatic ring is 1. The SMILES string of the molecule is Nc1ncc(Cl)c(Sc2ccccc2)n1. The zero-order chi connectivity index (χ0) is 10.7. The predicted octanol–water partition coefficient (Wildman–Crippen LogP) is 2.86. The maximum Gasteiger partial charge on any atom is 0.221 e. The Labute approximate surface area is 96.7 Å². The van der Waals surface area contributed by atoms with Crippen LogP contribution in [0.25, 0.3) is 0 Å². The first-order chi connectivity index (χ1) is 7.25. The van der Waals surface area contributed by atoms with Crippen LogP contribution in [0, 0.1) is 0 Å². The van der Waals surface area contributed by atoms with Gasteiger partial charge in [0.05, 0.1) is 11.2 Å². The van der Waals surface area contributed by atoms with Crippen molar-refractivity contribution in [3.8, 4) is 0 Å². The molecule has 0 spiro atoms. The number of anilines is 1. The maximum atomic E-state index is 5.94. The van der Waals surface area contributed by atoms with E-state index in [1.807, 2.05) is 30.3 Å². The van der Waals surface area contributed by atoms with Gasteiger partial charge in [-0.15, -0.1) is 0 Å². The van der Waals surface area contributed by atoms with Crippen LogP contribution in [0.5, 0.6) is 0 Å². The number of hydrogen-bond acceptors (Lipinski definition) is 4. The molecule has 0 radical (unpaired) electrons. The minimum Gasteiger partial charge on any atom is -0.368 e. The average molecular weight is 238 g/mol. The molecular formula is C10H8ClN3S. The molecule has 2 N–H and O–H groups in total. The van der Waals surface area contributed by atoms with E-state index in [2.05, 4.69) is 9.97 Å². The minimum atomic E-state index is 0.234. The van der Waals surface area contributed by atoms with Gasteiger partial charge in [-0.05, 0) is 12.1 Å². The number of benzene rings is 1. The molecule has 1 aromatic heterocycles. The van der Waals surface area contributed by atoms with E-state index in [1.54, 1.807) is 0 Å². The van der Waals surface area contributed by atoms with Crippen LogP contribution in [0.4, 0.5) is 5.95 Å². The van der Waals surface area contributed by atoms with Gasteiger partial charge in [-0.25, -0.2) is 9.97 Å². The molecule has 0 saturated carbocycles. The Morgan fingerprint density at radius 2 is 1.93 bits per heavy atom. The Morgan fingerprint density at radius 3 is 2.67 bits per heavy atom. The molecule has 0 unspecified atom stereocenters. The summed E-state index contributed by atoms with van der Waals surface area (Å²) in [6.07, 6.45) is 1.51. The summed E-state index contributed by atoms with van der Waals surface area (Å²) in [6.45, 7) is 0. The van der Waals surface area contributed by atoms with Gasteiger partial charge in [-0.2, -0.15) is 0 Å². The van der Waals surface area contributed by atoms with Crippen molar-refractivity contribution in [3.05, 3.63) is 41.6 Å². The zero-order valence-electron chi connectivity index (χ0n) is 7.72. The monoisotopic (exact) mass is 237 g/mol. The molecule has 2 rings (SSSR count). The molecule has 0 fully saturated rings. The van der Waals surface area contributed by atoms with Gasteiger partial charge in [0.25, 0.3) is 0 Å². The van der Waals surface area contributed by atoms with E-state index < -0.39 is 0 Å². The van der Waals surface area contributed by atoms with Gasteiger partial charge < -0.3 is 5.73 Å². The van der Waals surface area contributed by atoms with Crippen molar-refractivity contribution in [1.29, 1.82) is 0 Å².